The van der Waals surface area contributed by atoms with E-state index in [1.165, 1.54) is 18.2 Å². The van der Waals surface area contributed by atoms with Gasteiger partial charge in [0.15, 0.2) is 0 Å². The molecule has 2 aromatic carbocycles. The smallest absolute Gasteiger partial charge is 0.197 e. The van der Waals surface area contributed by atoms with Crippen LogP contribution in [0.1, 0.15) is 0 Å². The average Bonchev–Trinajstić information content (AvgIpc) is 2.45. The van der Waals surface area contributed by atoms with E-state index in [4.69, 9.17) is 5.90 Å². The second-order valence-corrected chi connectivity index (χ2v) is 6.86. The van der Waals surface area contributed by atoms with E-state index in [0.717, 1.165) is 6.07 Å². The third-order valence-electron chi connectivity index (χ3n) is 2.61. The fourth-order valence-electron chi connectivity index (χ4n) is 1.71. The number of fused-ring (bicyclic) bond motifs is 1. The maximum Gasteiger partial charge on any atom is 0.313 e. The van der Waals surface area contributed by atoms with Crippen molar-refractivity contribution in [1.29, 1.82) is 0 Å². The quantitative estimate of drug-likeness (QED) is 0.751. The number of hydrogen-bond donors (Lipinski definition) is 2. The van der Waals surface area contributed by atoms with Gasteiger partial charge in [-0.1, -0.05) is 24.3 Å². The lowest BCUT2D eigenvalue weighted by atomic mass is 10.1. The third-order valence-corrected chi connectivity index (χ3v) is 4.80. The molecule has 4 N–H and O–H groups in total. The molecule has 0 saturated heterocycles. The molecule has 0 aliphatic carbocycles. The maximum absolute atomic E-state index is 11.8. The lowest BCUT2D eigenvalue weighted by molar-refractivity contribution is 0.331. The molecule has 0 fully saturated rings. The van der Waals surface area contributed by atoms with E-state index in [2.05, 4.69) is 14.5 Å². The van der Waals surface area contributed by atoms with Gasteiger partial charge >= 0.3 is 20.2 Å². The molecule has 0 atom stereocenters. The minimum Gasteiger partial charge on any atom is -0.197 e. The van der Waals surface area contributed by atoms with Crippen molar-refractivity contribution in [2.75, 3.05) is 0 Å². The van der Waals surface area contributed by atoms with Crippen molar-refractivity contribution in [2.45, 2.75) is 9.79 Å². The van der Waals surface area contributed by atoms with Gasteiger partial charge in [-0.05, 0) is 17.5 Å². The molecule has 10 heteroatoms. The molecule has 108 valence electrons. The van der Waals surface area contributed by atoms with E-state index in [0.29, 0.717) is 5.39 Å². The second kappa shape index (κ2) is 5.09. The van der Waals surface area contributed by atoms with Crippen molar-refractivity contribution in [2.24, 2.45) is 11.8 Å². The maximum atomic E-state index is 11.8. The Labute approximate surface area is 115 Å². The zero-order valence-electron chi connectivity index (χ0n) is 9.88. The summed E-state index contributed by atoms with van der Waals surface area (Å²) < 4.78 is 54.6. The van der Waals surface area contributed by atoms with Crippen molar-refractivity contribution in [3.05, 3.63) is 36.4 Å². The van der Waals surface area contributed by atoms with E-state index < -0.39 is 30.0 Å². The van der Waals surface area contributed by atoms with E-state index in [1.807, 2.05) is 0 Å². The van der Waals surface area contributed by atoms with Crippen LogP contribution in [0.2, 0.25) is 0 Å². The molecule has 2 rings (SSSR count). The molecule has 0 bridgehead atoms. The first-order valence-corrected chi connectivity index (χ1v) is 7.93. The van der Waals surface area contributed by atoms with Crippen molar-refractivity contribution < 1.29 is 25.4 Å². The highest BCUT2D eigenvalue weighted by Gasteiger charge is 2.23. The fraction of sp³-hybridized carbons (Fsp3) is 0. The average molecular weight is 318 g/mol. The summed E-state index contributed by atoms with van der Waals surface area (Å²) in [6.07, 6.45) is 0. The normalized spacial score (nSPS) is 12.7. The Balaban J connectivity index is 2.92. The van der Waals surface area contributed by atoms with Crippen molar-refractivity contribution in [3.8, 4) is 0 Å². The number of benzene rings is 2. The van der Waals surface area contributed by atoms with Crippen molar-refractivity contribution >= 4 is 31.0 Å². The van der Waals surface area contributed by atoms with Gasteiger partial charge in [0.25, 0.3) is 0 Å². The molecule has 0 heterocycles. The lowest BCUT2D eigenvalue weighted by Crippen LogP contribution is -2.15. The van der Waals surface area contributed by atoms with Crippen LogP contribution in [0.5, 0.6) is 0 Å². The van der Waals surface area contributed by atoms with Gasteiger partial charge in [0.1, 0.15) is 4.90 Å². The lowest BCUT2D eigenvalue weighted by Gasteiger charge is -2.09. The first-order chi connectivity index (χ1) is 9.31. The number of nitrogens with two attached hydrogens (primary N) is 2. The van der Waals surface area contributed by atoms with Crippen molar-refractivity contribution in [3.63, 3.8) is 0 Å². The molecule has 20 heavy (non-hydrogen) atoms. The standard InChI is InChI=1S/C10H10N2O6S2/c11-17-19(13,14)8-5-7-3-1-2-4-9(7)10(6-8)20(15,16)18-12/h1-6H,11-12H2. The van der Waals surface area contributed by atoms with E-state index >= 15 is 0 Å². The monoisotopic (exact) mass is 318 g/mol. The minimum absolute atomic E-state index is 0.258. The molecule has 0 spiro atoms. The molecule has 0 aromatic heterocycles. The molecule has 0 aliphatic rings. The summed E-state index contributed by atoms with van der Waals surface area (Å²) in [5.41, 5.74) is 0. The Bertz CT molecular complexity index is 860. The van der Waals surface area contributed by atoms with Crippen LogP contribution in [-0.2, 0) is 28.8 Å². The summed E-state index contributed by atoms with van der Waals surface area (Å²) >= 11 is 0. The van der Waals surface area contributed by atoms with Crippen LogP contribution in [0.25, 0.3) is 10.8 Å². The third kappa shape index (κ3) is 2.52. The van der Waals surface area contributed by atoms with Crippen molar-refractivity contribution in [1.82, 2.24) is 0 Å². The Morgan fingerprint density at radius 1 is 0.850 bits per heavy atom. The van der Waals surface area contributed by atoms with Gasteiger partial charge in [-0.3, -0.25) is 0 Å². The van der Waals surface area contributed by atoms with Crippen LogP contribution in [0.3, 0.4) is 0 Å². The Hall–Kier alpha value is -1.56. The topological polar surface area (TPSA) is 139 Å². The SMILES string of the molecule is NOS(=O)(=O)c1cc(S(=O)(=O)ON)c2ccccc2c1. The summed E-state index contributed by atoms with van der Waals surface area (Å²) in [5, 5.41) is 0.607. The number of rotatable bonds is 4. The molecule has 2 aromatic rings. The van der Waals surface area contributed by atoms with Gasteiger partial charge in [0.05, 0.1) is 4.90 Å². The van der Waals surface area contributed by atoms with Gasteiger partial charge in [-0.25, -0.2) is 0 Å². The van der Waals surface area contributed by atoms with Crippen LogP contribution >= 0.6 is 0 Å². The summed E-state index contributed by atoms with van der Waals surface area (Å²) in [5.74, 6) is 9.41. The van der Waals surface area contributed by atoms with Crippen LogP contribution in [0.15, 0.2) is 46.2 Å². The molecule has 0 radical (unpaired) electrons. The summed E-state index contributed by atoms with van der Waals surface area (Å²) in [7, 11) is -8.56. The van der Waals surface area contributed by atoms with E-state index in [-0.39, 0.29) is 5.39 Å². The molecular formula is C10H10N2O6S2. The first-order valence-electron chi connectivity index (χ1n) is 5.11. The van der Waals surface area contributed by atoms with Crippen LogP contribution in [0, 0.1) is 0 Å². The van der Waals surface area contributed by atoms with Gasteiger partial charge in [0, 0.05) is 5.39 Å². The molecule has 0 unspecified atom stereocenters. The Morgan fingerprint density at radius 3 is 2.05 bits per heavy atom. The predicted octanol–water partition coefficient (Wildman–Crippen LogP) is -0.00220. The summed E-state index contributed by atoms with van der Waals surface area (Å²) in [6.45, 7) is 0. The fourth-order valence-corrected chi connectivity index (χ4v) is 3.26. The second-order valence-electron chi connectivity index (χ2n) is 3.74. The molecular weight excluding hydrogens is 308 g/mol. The van der Waals surface area contributed by atoms with E-state index in [9.17, 15) is 16.8 Å². The Kier molecular flexibility index (Phi) is 3.77. The molecule has 0 aliphatic heterocycles. The largest absolute Gasteiger partial charge is 0.313 e. The zero-order chi connectivity index (χ0) is 15.0. The highest BCUT2D eigenvalue weighted by atomic mass is 32.2. The van der Waals surface area contributed by atoms with Gasteiger partial charge in [0.2, 0.25) is 0 Å². The predicted molar refractivity (Wildman–Crippen MR) is 68.9 cm³/mol. The first kappa shape index (κ1) is 14.8. The van der Waals surface area contributed by atoms with Crippen LogP contribution in [-0.4, -0.2) is 16.8 Å². The molecule has 0 saturated carbocycles. The van der Waals surface area contributed by atoms with Gasteiger partial charge in [-0.2, -0.15) is 37.2 Å². The Morgan fingerprint density at radius 2 is 1.45 bits per heavy atom. The van der Waals surface area contributed by atoms with Gasteiger partial charge < -0.3 is 0 Å². The molecule has 0 amide bonds. The van der Waals surface area contributed by atoms with Gasteiger partial charge in [-0.15, -0.1) is 0 Å². The molecule has 8 nitrogen and oxygen atoms in total. The number of hydrogen-bond acceptors (Lipinski definition) is 8. The summed E-state index contributed by atoms with van der Waals surface area (Å²) in [4.78, 5) is -0.817. The highest BCUT2D eigenvalue weighted by molar-refractivity contribution is 7.87. The summed E-state index contributed by atoms with van der Waals surface area (Å²) in [6, 6.07) is 8.31. The van der Waals surface area contributed by atoms with Crippen LogP contribution in [0.4, 0.5) is 0 Å². The minimum atomic E-state index is -4.30. The van der Waals surface area contributed by atoms with Crippen LogP contribution < -0.4 is 11.8 Å². The highest BCUT2D eigenvalue weighted by Crippen LogP contribution is 2.28. The zero-order valence-corrected chi connectivity index (χ0v) is 11.5. The van der Waals surface area contributed by atoms with E-state index in [1.54, 1.807) is 12.1 Å².